The van der Waals surface area contributed by atoms with Gasteiger partial charge < -0.3 is 7.43 Å². The van der Waals surface area contributed by atoms with Gasteiger partial charge in [-0.1, -0.05) is 62.4 Å². The van der Waals surface area contributed by atoms with Gasteiger partial charge in [0.15, 0.2) is 0 Å². The van der Waals surface area contributed by atoms with E-state index >= 15 is 0 Å². The Morgan fingerprint density at radius 2 is 1.44 bits per heavy atom. The molecule has 1 nitrogen and oxygen atoms in total. The molecule has 3 fully saturated rings. The van der Waals surface area contributed by atoms with Crippen LogP contribution in [-0.2, 0) is 18.2 Å². The molecule has 3 saturated carbocycles. The maximum absolute atomic E-state index is 5.03. The molecule has 3 aliphatic carbocycles. The summed E-state index contributed by atoms with van der Waals surface area (Å²) in [5.74, 6) is 2.59. The van der Waals surface area contributed by atoms with Crippen molar-refractivity contribution < 1.29 is 18.2 Å². The van der Waals surface area contributed by atoms with Crippen molar-refractivity contribution >= 4 is 39.6 Å². The number of fused-ring (bicyclic) bond motifs is 2. The number of nitrogens with zero attached hydrogens (tertiary/aromatic N) is 1. The third-order valence-corrected chi connectivity index (χ3v) is 10.7. The van der Waals surface area contributed by atoms with E-state index < -0.39 is 7.92 Å². The minimum absolute atomic E-state index is 0. The zero-order chi connectivity index (χ0) is 23.3. The molecule has 0 radical (unpaired) electrons. The number of hydrogen-bond donors (Lipinski definition) is 0. The normalized spacial score (nSPS) is 22.4. The molecule has 4 heteroatoms. The SMILES string of the molecule is CC1(C)C2CCC(CN=Cc3ccccc3[PH+](c3ccccc3)c3ccccc3)C1C2.[CH3-].[Cl][Pd+]. The van der Waals surface area contributed by atoms with Crippen molar-refractivity contribution in [2.45, 2.75) is 33.1 Å². The molecule has 0 saturated heterocycles. The average Bonchev–Trinajstić information content (AvgIpc) is 2.88. The predicted molar refractivity (Wildman–Crippen MR) is 149 cm³/mol. The molecule has 0 spiro atoms. The minimum atomic E-state index is -1.07. The average molecular weight is 583 g/mol. The van der Waals surface area contributed by atoms with Crippen molar-refractivity contribution in [1.29, 1.82) is 0 Å². The second-order valence-electron chi connectivity index (χ2n) is 9.89. The van der Waals surface area contributed by atoms with Crippen molar-refractivity contribution in [2.75, 3.05) is 6.54 Å². The van der Waals surface area contributed by atoms with Gasteiger partial charge in [0.05, 0.1) is 7.92 Å². The Balaban J connectivity index is 0.00000105. The molecule has 6 rings (SSSR count). The first-order valence-corrected chi connectivity index (χ1v) is 15.3. The van der Waals surface area contributed by atoms with Crippen LogP contribution in [0.5, 0.6) is 0 Å². The summed E-state index contributed by atoms with van der Waals surface area (Å²) in [6, 6.07) is 30.9. The van der Waals surface area contributed by atoms with Gasteiger partial charge in [-0.25, -0.2) is 0 Å². The molecule has 0 aromatic heterocycles. The molecule has 34 heavy (non-hydrogen) atoms. The van der Waals surface area contributed by atoms with Gasteiger partial charge >= 0.3 is 27.7 Å². The van der Waals surface area contributed by atoms with Gasteiger partial charge in [0, 0.05) is 18.3 Å². The molecule has 0 N–H and O–H groups in total. The predicted octanol–water partition coefficient (Wildman–Crippen LogP) is 6.81. The van der Waals surface area contributed by atoms with Gasteiger partial charge in [-0.3, -0.25) is 4.99 Å². The van der Waals surface area contributed by atoms with Crippen molar-refractivity contribution in [3.8, 4) is 0 Å². The van der Waals surface area contributed by atoms with Crippen LogP contribution in [0, 0.1) is 30.6 Å². The van der Waals surface area contributed by atoms with Crippen molar-refractivity contribution in [3.05, 3.63) is 97.9 Å². The summed E-state index contributed by atoms with van der Waals surface area (Å²) in [5, 5.41) is 4.28. The summed E-state index contributed by atoms with van der Waals surface area (Å²) in [6.45, 7) is 5.94. The van der Waals surface area contributed by atoms with Crippen molar-refractivity contribution in [2.24, 2.45) is 28.2 Å². The Kier molecular flexibility index (Phi) is 10.1. The summed E-state index contributed by atoms with van der Waals surface area (Å²) in [5.41, 5.74) is 1.82. The van der Waals surface area contributed by atoms with Crippen LogP contribution in [-0.4, -0.2) is 12.8 Å². The van der Waals surface area contributed by atoms with E-state index in [1.165, 1.54) is 40.7 Å². The van der Waals surface area contributed by atoms with E-state index in [1.54, 1.807) is 0 Å². The number of hydrogen-bond acceptors (Lipinski definition) is 1. The molecular formula is C30H36ClNPPd+. The van der Waals surface area contributed by atoms with Crippen LogP contribution in [0.25, 0.3) is 0 Å². The Labute approximate surface area is 222 Å². The topological polar surface area (TPSA) is 12.4 Å². The van der Waals surface area contributed by atoms with Crippen LogP contribution in [0.4, 0.5) is 0 Å². The molecular weight excluding hydrogens is 547 g/mol. The maximum atomic E-state index is 5.03. The first kappa shape index (κ1) is 27.3. The van der Waals surface area contributed by atoms with Gasteiger partial charge in [0.1, 0.15) is 15.9 Å². The Bertz CT molecular complexity index is 1010. The number of halogens is 1. The van der Waals surface area contributed by atoms with E-state index in [4.69, 9.17) is 4.99 Å². The molecule has 0 aliphatic heterocycles. The van der Waals surface area contributed by atoms with Crippen molar-refractivity contribution in [1.82, 2.24) is 0 Å². The van der Waals surface area contributed by atoms with Crippen LogP contribution in [0.2, 0.25) is 0 Å². The summed E-state index contributed by atoms with van der Waals surface area (Å²) in [6.07, 6.45) is 6.36. The second-order valence-corrected chi connectivity index (χ2v) is 12.3. The van der Waals surface area contributed by atoms with Crippen LogP contribution in [0.15, 0.2) is 89.9 Å². The molecule has 3 atom stereocenters. The van der Waals surface area contributed by atoms with Gasteiger partial charge in [0.2, 0.25) is 0 Å². The molecule has 3 unspecified atom stereocenters. The summed E-state index contributed by atoms with van der Waals surface area (Å²) in [4.78, 5) is 5.03. The Morgan fingerprint density at radius 3 is 2.00 bits per heavy atom. The monoisotopic (exact) mass is 582 g/mol. The Morgan fingerprint density at radius 1 is 0.882 bits per heavy atom. The quantitative estimate of drug-likeness (QED) is 0.131. The molecule has 3 aromatic carbocycles. The van der Waals surface area contributed by atoms with E-state index in [9.17, 15) is 0 Å². The van der Waals surface area contributed by atoms with Gasteiger partial charge in [-0.05, 0) is 78.8 Å². The van der Waals surface area contributed by atoms with E-state index in [2.05, 4.69) is 133 Å². The second kappa shape index (κ2) is 12.6. The fraction of sp³-hybridized carbons (Fsp3) is 0.333. The van der Waals surface area contributed by atoms with Crippen LogP contribution < -0.4 is 15.9 Å². The van der Waals surface area contributed by atoms with E-state index in [1.807, 2.05) is 0 Å². The summed E-state index contributed by atoms with van der Waals surface area (Å²) < 4.78 is 0. The van der Waals surface area contributed by atoms with Crippen molar-refractivity contribution in [3.63, 3.8) is 0 Å². The zero-order valence-corrected chi connectivity index (χ0v) is 23.7. The summed E-state index contributed by atoms with van der Waals surface area (Å²) in [7, 11) is 3.42. The van der Waals surface area contributed by atoms with E-state index in [0.717, 1.165) is 24.3 Å². The molecule has 3 aromatic rings. The zero-order valence-electron chi connectivity index (χ0n) is 20.4. The fourth-order valence-electron chi connectivity index (χ4n) is 5.99. The van der Waals surface area contributed by atoms with E-state index in [0.29, 0.717) is 5.41 Å². The van der Waals surface area contributed by atoms with Gasteiger partial charge in [0.25, 0.3) is 0 Å². The molecule has 2 bridgehead atoms. The summed E-state index contributed by atoms with van der Waals surface area (Å²) >= 11 is 2.22. The van der Waals surface area contributed by atoms with E-state index in [-0.39, 0.29) is 7.43 Å². The Hall–Kier alpha value is -1.29. The first-order chi connectivity index (χ1) is 16.1. The molecule has 182 valence electrons. The first-order valence-electron chi connectivity index (χ1n) is 11.8. The van der Waals surface area contributed by atoms with Crippen LogP contribution in [0.1, 0.15) is 38.7 Å². The molecule has 3 aliphatic rings. The van der Waals surface area contributed by atoms with Crippen LogP contribution in [0.3, 0.4) is 0 Å². The third-order valence-electron chi connectivity index (χ3n) is 7.93. The third kappa shape index (κ3) is 5.74. The van der Waals surface area contributed by atoms with Crippen LogP contribution >= 0.6 is 17.5 Å². The standard InChI is InChI=1S/C29H32NP.CH3.ClH.Pd/c1-29(2)24-18-17-22(27(29)19-24)20-30-21-23-11-9-10-16-28(23)31(25-12-5-3-6-13-25)26-14-7-4-8-15-26;;;/h3-16,21-22,24,27H,17-20H2,1-2H3;1H3;1H;/q;-1;;+2. The fourth-order valence-corrected chi connectivity index (χ4v) is 8.70. The molecule has 0 amide bonds. The van der Waals surface area contributed by atoms with Gasteiger partial charge in [-0.2, -0.15) is 0 Å². The number of benzene rings is 3. The molecule has 0 heterocycles. The number of aliphatic imine (C=N–C) groups is 1. The van der Waals surface area contributed by atoms with Gasteiger partial charge in [-0.15, -0.1) is 0 Å². The number of rotatable bonds is 6.